The molecule has 6 nitrogen and oxygen atoms in total. The maximum Gasteiger partial charge on any atom is 0.295 e. The first-order valence-corrected chi connectivity index (χ1v) is 13.5. The molecule has 0 aliphatic carbocycles. The van der Waals surface area contributed by atoms with Gasteiger partial charge in [0.1, 0.15) is 18.0 Å². The van der Waals surface area contributed by atoms with Crippen molar-refractivity contribution in [3.63, 3.8) is 0 Å². The van der Waals surface area contributed by atoms with Gasteiger partial charge in [0.05, 0.1) is 23.6 Å². The Morgan fingerprint density at radius 3 is 2.50 bits per heavy atom. The first kappa shape index (κ1) is 25.8. The van der Waals surface area contributed by atoms with Crippen molar-refractivity contribution in [3.8, 4) is 11.5 Å². The number of nitrogens with zero attached hydrogens (tertiary/aromatic N) is 1. The van der Waals surface area contributed by atoms with Gasteiger partial charge in [0.2, 0.25) is 5.76 Å². The Labute approximate surface area is 237 Å². The van der Waals surface area contributed by atoms with Crippen LogP contribution in [0.25, 0.3) is 11.0 Å². The fourth-order valence-corrected chi connectivity index (χ4v) is 5.36. The van der Waals surface area contributed by atoms with E-state index in [0.717, 1.165) is 16.1 Å². The van der Waals surface area contributed by atoms with Crippen LogP contribution in [-0.2, 0) is 6.61 Å². The van der Waals surface area contributed by atoms with Gasteiger partial charge in [-0.3, -0.25) is 14.5 Å². The predicted octanol–water partition coefficient (Wildman–Crippen LogP) is 7.42. The normalized spacial score (nSPS) is 14.4. The molecular weight excluding hydrogens is 577 g/mol. The van der Waals surface area contributed by atoms with Gasteiger partial charge >= 0.3 is 0 Å². The molecule has 0 N–H and O–H groups in total. The third-order valence-corrected chi connectivity index (χ3v) is 7.23. The number of hydrogen-bond acceptors (Lipinski definition) is 5. The topological polar surface area (TPSA) is 69.0 Å². The van der Waals surface area contributed by atoms with Crippen LogP contribution in [0.3, 0.4) is 0 Å². The van der Waals surface area contributed by atoms with Crippen molar-refractivity contribution < 1.29 is 23.1 Å². The molecule has 200 valence electrons. The molecule has 0 spiro atoms. The lowest BCUT2D eigenvalue weighted by Crippen LogP contribution is -2.29. The predicted molar refractivity (Wildman–Crippen MR) is 154 cm³/mol. The molecule has 6 rings (SSSR count). The van der Waals surface area contributed by atoms with Crippen LogP contribution in [0.4, 0.5) is 10.1 Å². The molecule has 8 heteroatoms. The van der Waals surface area contributed by atoms with Crippen molar-refractivity contribution in [2.75, 3.05) is 11.5 Å². The zero-order chi connectivity index (χ0) is 27.8. The highest BCUT2D eigenvalue weighted by Crippen LogP contribution is 2.44. The first-order valence-electron chi connectivity index (χ1n) is 12.7. The number of halogens is 2. The zero-order valence-corrected chi connectivity index (χ0v) is 23.0. The number of benzene rings is 4. The summed E-state index contributed by atoms with van der Waals surface area (Å²) in [5.74, 6) is -0.105. The summed E-state index contributed by atoms with van der Waals surface area (Å²) < 4.78 is 32.8. The minimum absolute atomic E-state index is 0.0699. The molecule has 1 unspecified atom stereocenters. The summed E-state index contributed by atoms with van der Waals surface area (Å²) >= 11 is 3.48. The first-order chi connectivity index (χ1) is 19.4. The smallest absolute Gasteiger partial charge is 0.295 e. The largest absolute Gasteiger partial charge is 0.490 e. The van der Waals surface area contributed by atoms with Crippen molar-refractivity contribution in [2.24, 2.45) is 0 Å². The summed E-state index contributed by atoms with van der Waals surface area (Å²) in [4.78, 5) is 29.2. The second kappa shape index (κ2) is 10.6. The number of hydrogen-bond donors (Lipinski definition) is 0. The number of carbonyl (C=O) groups excluding carboxylic acids is 1. The van der Waals surface area contributed by atoms with Gasteiger partial charge in [-0.2, -0.15) is 0 Å². The van der Waals surface area contributed by atoms with Crippen LogP contribution in [0.15, 0.2) is 105 Å². The van der Waals surface area contributed by atoms with Crippen LogP contribution in [0.2, 0.25) is 0 Å². The minimum Gasteiger partial charge on any atom is -0.490 e. The molecule has 1 amide bonds. The lowest BCUT2D eigenvalue weighted by molar-refractivity contribution is 0.0971. The van der Waals surface area contributed by atoms with E-state index in [1.807, 2.05) is 43.3 Å². The highest BCUT2D eigenvalue weighted by atomic mass is 79.9. The number of anilines is 1. The standard InChI is InChI=1S/C32H23BrFNO5/c1-2-38-27-15-20(11-13-26(27)39-18-19-7-4-3-5-8-19)29-28-30(36)24-17-22(34)12-14-25(24)40-31(28)32(37)35(29)23-10-6-9-21(33)16-23/h3-17,29H,2,18H2,1H3. The highest BCUT2D eigenvalue weighted by molar-refractivity contribution is 9.10. The Kier molecular flexibility index (Phi) is 6.86. The molecule has 1 atom stereocenters. The zero-order valence-electron chi connectivity index (χ0n) is 21.4. The number of ether oxygens (including phenoxy) is 2. The second-order valence-corrected chi connectivity index (χ2v) is 10.2. The maximum absolute atomic E-state index is 14.1. The molecule has 0 saturated carbocycles. The van der Waals surface area contributed by atoms with E-state index >= 15 is 0 Å². The number of amides is 1. The van der Waals surface area contributed by atoms with Crippen molar-refractivity contribution >= 4 is 38.5 Å². The molecule has 0 radical (unpaired) electrons. The van der Waals surface area contributed by atoms with Crippen molar-refractivity contribution in [1.82, 2.24) is 0 Å². The van der Waals surface area contributed by atoms with Gasteiger partial charge < -0.3 is 13.9 Å². The monoisotopic (exact) mass is 599 g/mol. The SMILES string of the molecule is CCOc1cc(C2c3c(oc4ccc(F)cc4c3=O)C(=O)N2c2cccc(Br)c2)ccc1OCc1ccccc1. The Bertz CT molecular complexity index is 1800. The quantitative estimate of drug-likeness (QED) is 0.195. The average Bonchev–Trinajstić information content (AvgIpc) is 3.25. The molecule has 1 aliphatic rings. The van der Waals surface area contributed by atoms with Gasteiger partial charge in [-0.25, -0.2) is 4.39 Å². The van der Waals surface area contributed by atoms with Gasteiger partial charge in [0.15, 0.2) is 16.9 Å². The molecule has 0 fully saturated rings. The summed E-state index contributed by atoms with van der Waals surface area (Å²) in [6, 6.07) is 25.2. The molecular formula is C32H23BrFNO5. The molecule has 5 aromatic rings. The minimum atomic E-state index is -0.844. The summed E-state index contributed by atoms with van der Waals surface area (Å²) in [5, 5.41) is 0.0699. The van der Waals surface area contributed by atoms with Crippen molar-refractivity contribution in [1.29, 1.82) is 0 Å². The Morgan fingerprint density at radius 2 is 1.73 bits per heavy atom. The lowest BCUT2D eigenvalue weighted by atomic mass is 9.97. The van der Waals surface area contributed by atoms with Crippen molar-refractivity contribution in [2.45, 2.75) is 19.6 Å². The molecule has 40 heavy (non-hydrogen) atoms. The van der Waals surface area contributed by atoms with Crippen LogP contribution in [0.5, 0.6) is 11.5 Å². The van der Waals surface area contributed by atoms with E-state index in [4.69, 9.17) is 13.9 Å². The summed E-state index contributed by atoms with van der Waals surface area (Å²) in [5.41, 5.74) is 2.01. The van der Waals surface area contributed by atoms with Gasteiger partial charge in [0, 0.05) is 10.2 Å². The van der Waals surface area contributed by atoms with Gasteiger partial charge in [-0.1, -0.05) is 58.4 Å². The molecule has 1 aromatic heterocycles. The molecule has 1 aliphatic heterocycles. The average molecular weight is 600 g/mol. The highest BCUT2D eigenvalue weighted by Gasteiger charge is 2.44. The van der Waals surface area contributed by atoms with Crippen LogP contribution >= 0.6 is 15.9 Å². The number of fused-ring (bicyclic) bond motifs is 2. The van der Waals surface area contributed by atoms with E-state index in [9.17, 15) is 14.0 Å². The number of rotatable bonds is 7. The van der Waals surface area contributed by atoms with E-state index in [2.05, 4.69) is 15.9 Å². The van der Waals surface area contributed by atoms with Crippen LogP contribution in [0, 0.1) is 5.82 Å². The van der Waals surface area contributed by atoms with E-state index in [-0.39, 0.29) is 22.3 Å². The summed E-state index contributed by atoms with van der Waals surface area (Å²) in [7, 11) is 0. The van der Waals surface area contributed by atoms with Crippen LogP contribution < -0.4 is 19.8 Å². The Balaban J connectivity index is 1.51. The van der Waals surface area contributed by atoms with Crippen molar-refractivity contribution in [3.05, 3.63) is 134 Å². The summed E-state index contributed by atoms with van der Waals surface area (Å²) in [6.07, 6.45) is 0. The third kappa shape index (κ3) is 4.64. The van der Waals surface area contributed by atoms with E-state index in [1.54, 1.807) is 36.4 Å². The Morgan fingerprint density at radius 1 is 0.900 bits per heavy atom. The lowest BCUT2D eigenvalue weighted by Gasteiger charge is -2.26. The third-order valence-electron chi connectivity index (χ3n) is 6.74. The van der Waals surface area contributed by atoms with Gasteiger partial charge in [-0.05, 0) is 66.6 Å². The van der Waals surface area contributed by atoms with Crippen LogP contribution in [0.1, 0.15) is 40.2 Å². The molecule has 0 saturated heterocycles. The molecule has 0 bridgehead atoms. The van der Waals surface area contributed by atoms with E-state index in [1.165, 1.54) is 17.0 Å². The molecule has 2 heterocycles. The fraction of sp³-hybridized carbons (Fsp3) is 0.125. The van der Waals surface area contributed by atoms with E-state index in [0.29, 0.717) is 36.0 Å². The fourth-order valence-electron chi connectivity index (χ4n) is 4.97. The maximum atomic E-state index is 14.1. The second-order valence-electron chi connectivity index (χ2n) is 9.29. The van der Waals surface area contributed by atoms with Crippen LogP contribution in [-0.4, -0.2) is 12.5 Å². The number of carbonyl (C=O) groups is 1. The van der Waals surface area contributed by atoms with Gasteiger partial charge in [-0.15, -0.1) is 0 Å². The van der Waals surface area contributed by atoms with Gasteiger partial charge in [0.25, 0.3) is 5.91 Å². The summed E-state index contributed by atoms with van der Waals surface area (Å²) in [6.45, 7) is 2.59. The molecule has 4 aromatic carbocycles. The van der Waals surface area contributed by atoms with E-state index < -0.39 is 23.2 Å². The Hall–Kier alpha value is -4.43.